The van der Waals surface area contributed by atoms with Crippen molar-refractivity contribution in [2.75, 3.05) is 13.7 Å². The standard InChI is InChI=1S/C17H13F3N2O2/c1-23-12-7-8-14-13(9-12)15(11-5-3-2-4-6-11)22-16(21-14)24-10-17(18,19)20/h2-9H,10H2,1H3. The number of fused-ring (bicyclic) bond motifs is 1. The quantitative estimate of drug-likeness (QED) is 0.716. The van der Waals surface area contributed by atoms with Crippen LogP contribution in [-0.2, 0) is 0 Å². The molecule has 0 bridgehead atoms. The van der Waals surface area contributed by atoms with Crippen LogP contribution >= 0.6 is 0 Å². The molecule has 7 heteroatoms. The first kappa shape index (κ1) is 16.0. The summed E-state index contributed by atoms with van der Waals surface area (Å²) in [7, 11) is 1.53. The van der Waals surface area contributed by atoms with Gasteiger partial charge in [-0.05, 0) is 18.2 Å². The van der Waals surface area contributed by atoms with E-state index in [2.05, 4.69) is 9.97 Å². The zero-order chi connectivity index (χ0) is 17.2. The van der Waals surface area contributed by atoms with Crippen molar-refractivity contribution in [1.29, 1.82) is 0 Å². The Morgan fingerprint density at radius 1 is 1.00 bits per heavy atom. The van der Waals surface area contributed by atoms with Crippen LogP contribution < -0.4 is 9.47 Å². The molecule has 0 aliphatic heterocycles. The van der Waals surface area contributed by atoms with Gasteiger partial charge in [0.25, 0.3) is 0 Å². The highest BCUT2D eigenvalue weighted by Crippen LogP contribution is 2.30. The summed E-state index contributed by atoms with van der Waals surface area (Å²) in [5.41, 5.74) is 1.70. The lowest BCUT2D eigenvalue weighted by atomic mass is 10.1. The number of hydrogen-bond donors (Lipinski definition) is 0. The van der Waals surface area contributed by atoms with Gasteiger partial charge in [0.2, 0.25) is 0 Å². The summed E-state index contributed by atoms with van der Waals surface area (Å²) >= 11 is 0. The van der Waals surface area contributed by atoms with Crippen molar-refractivity contribution in [3.63, 3.8) is 0 Å². The first-order valence-electron chi connectivity index (χ1n) is 7.07. The highest BCUT2D eigenvalue weighted by Gasteiger charge is 2.29. The maximum Gasteiger partial charge on any atom is 0.422 e. The number of halogens is 3. The van der Waals surface area contributed by atoms with Crippen LogP contribution in [-0.4, -0.2) is 29.9 Å². The van der Waals surface area contributed by atoms with Gasteiger partial charge in [-0.15, -0.1) is 0 Å². The molecule has 0 saturated heterocycles. The molecule has 0 aliphatic rings. The van der Waals surface area contributed by atoms with Crippen LogP contribution in [0.3, 0.4) is 0 Å². The maximum atomic E-state index is 12.4. The van der Waals surface area contributed by atoms with Crippen molar-refractivity contribution in [2.45, 2.75) is 6.18 Å². The molecule has 124 valence electrons. The van der Waals surface area contributed by atoms with Crippen molar-refractivity contribution in [3.8, 4) is 23.0 Å². The molecule has 0 aliphatic carbocycles. The van der Waals surface area contributed by atoms with E-state index >= 15 is 0 Å². The van der Waals surface area contributed by atoms with Gasteiger partial charge >= 0.3 is 12.2 Å². The number of alkyl halides is 3. The molecule has 24 heavy (non-hydrogen) atoms. The van der Waals surface area contributed by atoms with E-state index in [-0.39, 0.29) is 6.01 Å². The molecular weight excluding hydrogens is 321 g/mol. The van der Waals surface area contributed by atoms with E-state index in [0.717, 1.165) is 5.56 Å². The summed E-state index contributed by atoms with van der Waals surface area (Å²) in [4.78, 5) is 8.21. The third-order valence-electron chi connectivity index (χ3n) is 3.29. The van der Waals surface area contributed by atoms with Crippen molar-refractivity contribution in [3.05, 3.63) is 48.5 Å². The summed E-state index contributed by atoms with van der Waals surface area (Å²) in [6.45, 7) is -1.44. The fraction of sp³-hybridized carbons (Fsp3) is 0.176. The van der Waals surface area contributed by atoms with Crippen LogP contribution in [0.25, 0.3) is 22.2 Å². The average molecular weight is 334 g/mol. The van der Waals surface area contributed by atoms with Crippen molar-refractivity contribution >= 4 is 10.9 Å². The Balaban J connectivity index is 2.13. The van der Waals surface area contributed by atoms with Crippen LogP contribution in [0, 0.1) is 0 Å². The fourth-order valence-electron chi connectivity index (χ4n) is 2.24. The van der Waals surface area contributed by atoms with Gasteiger partial charge in [-0.1, -0.05) is 30.3 Å². The summed E-state index contributed by atoms with van der Waals surface area (Å²) < 4.78 is 47.1. The Morgan fingerprint density at radius 3 is 2.42 bits per heavy atom. The third kappa shape index (κ3) is 3.56. The van der Waals surface area contributed by atoms with E-state index in [4.69, 9.17) is 9.47 Å². The monoisotopic (exact) mass is 334 g/mol. The zero-order valence-corrected chi connectivity index (χ0v) is 12.7. The Hall–Kier alpha value is -2.83. The average Bonchev–Trinajstić information content (AvgIpc) is 2.59. The molecule has 3 rings (SSSR count). The number of hydrogen-bond acceptors (Lipinski definition) is 4. The molecule has 1 aromatic heterocycles. The minimum absolute atomic E-state index is 0.316. The topological polar surface area (TPSA) is 44.2 Å². The molecule has 0 radical (unpaired) electrons. The molecule has 0 saturated carbocycles. The summed E-state index contributed by atoms with van der Waals surface area (Å²) in [5.74, 6) is 0.604. The molecule has 0 N–H and O–H groups in total. The lowest BCUT2D eigenvalue weighted by Crippen LogP contribution is -2.20. The van der Waals surface area contributed by atoms with E-state index in [0.29, 0.717) is 22.3 Å². The normalized spacial score (nSPS) is 11.5. The maximum absolute atomic E-state index is 12.4. The van der Waals surface area contributed by atoms with Gasteiger partial charge in [-0.25, -0.2) is 0 Å². The number of rotatable bonds is 4. The molecule has 3 aromatic rings. The smallest absolute Gasteiger partial charge is 0.422 e. The largest absolute Gasteiger partial charge is 0.497 e. The zero-order valence-electron chi connectivity index (χ0n) is 12.7. The number of ether oxygens (including phenoxy) is 2. The predicted octanol–water partition coefficient (Wildman–Crippen LogP) is 4.25. The molecule has 0 fully saturated rings. The lowest BCUT2D eigenvalue weighted by Gasteiger charge is -2.12. The first-order chi connectivity index (χ1) is 11.5. The highest BCUT2D eigenvalue weighted by atomic mass is 19.4. The SMILES string of the molecule is COc1ccc2nc(OCC(F)(F)F)nc(-c3ccccc3)c2c1. The first-order valence-corrected chi connectivity index (χ1v) is 7.07. The second-order valence-electron chi connectivity index (χ2n) is 5.01. The van der Waals surface area contributed by atoms with Gasteiger partial charge in [-0.2, -0.15) is 23.1 Å². The van der Waals surface area contributed by atoms with Crippen LogP contribution in [0.1, 0.15) is 0 Å². The number of nitrogens with zero attached hydrogens (tertiary/aromatic N) is 2. The minimum atomic E-state index is -4.45. The highest BCUT2D eigenvalue weighted by molar-refractivity contribution is 5.93. The molecule has 0 atom stereocenters. The van der Waals surface area contributed by atoms with Crippen molar-refractivity contribution in [1.82, 2.24) is 9.97 Å². The number of methoxy groups -OCH3 is 1. The van der Waals surface area contributed by atoms with E-state index < -0.39 is 12.8 Å². The molecule has 0 amide bonds. The van der Waals surface area contributed by atoms with Gasteiger partial charge in [0.1, 0.15) is 5.75 Å². The predicted molar refractivity (Wildman–Crippen MR) is 83.1 cm³/mol. The minimum Gasteiger partial charge on any atom is -0.497 e. The van der Waals surface area contributed by atoms with Gasteiger partial charge in [0, 0.05) is 10.9 Å². The summed E-state index contributed by atoms with van der Waals surface area (Å²) in [5, 5.41) is 0.667. The Kier molecular flexibility index (Phi) is 4.24. The van der Waals surface area contributed by atoms with Crippen LogP contribution in [0.2, 0.25) is 0 Å². The van der Waals surface area contributed by atoms with Crippen LogP contribution in [0.4, 0.5) is 13.2 Å². The van der Waals surface area contributed by atoms with E-state index in [9.17, 15) is 13.2 Å². The van der Waals surface area contributed by atoms with Gasteiger partial charge in [0.15, 0.2) is 6.61 Å². The molecule has 0 unspecified atom stereocenters. The Bertz CT molecular complexity index is 852. The fourth-order valence-corrected chi connectivity index (χ4v) is 2.24. The second-order valence-corrected chi connectivity index (χ2v) is 5.01. The second kappa shape index (κ2) is 6.35. The number of benzene rings is 2. The van der Waals surface area contributed by atoms with Gasteiger partial charge in [-0.3, -0.25) is 0 Å². The summed E-state index contributed by atoms with van der Waals surface area (Å²) in [6, 6.07) is 13.9. The van der Waals surface area contributed by atoms with E-state index in [1.807, 2.05) is 30.3 Å². The Morgan fingerprint density at radius 2 is 1.75 bits per heavy atom. The van der Waals surface area contributed by atoms with Gasteiger partial charge < -0.3 is 9.47 Å². The molecule has 2 aromatic carbocycles. The molecule has 1 heterocycles. The molecule has 4 nitrogen and oxygen atoms in total. The van der Waals surface area contributed by atoms with Crippen LogP contribution in [0.15, 0.2) is 48.5 Å². The Labute approximate surface area is 135 Å². The molecular formula is C17H13F3N2O2. The van der Waals surface area contributed by atoms with E-state index in [1.54, 1.807) is 18.2 Å². The van der Waals surface area contributed by atoms with E-state index in [1.165, 1.54) is 7.11 Å². The van der Waals surface area contributed by atoms with Crippen molar-refractivity contribution in [2.24, 2.45) is 0 Å². The molecule has 0 spiro atoms. The van der Waals surface area contributed by atoms with Gasteiger partial charge in [0.05, 0.1) is 18.3 Å². The number of aromatic nitrogens is 2. The third-order valence-corrected chi connectivity index (χ3v) is 3.29. The van der Waals surface area contributed by atoms with Crippen LogP contribution in [0.5, 0.6) is 11.8 Å². The van der Waals surface area contributed by atoms with Crippen molar-refractivity contribution < 1.29 is 22.6 Å². The summed E-state index contributed by atoms with van der Waals surface area (Å²) in [6.07, 6.45) is -4.45. The lowest BCUT2D eigenvalue weighted by molar-refractivity contribution is -0.154.